The van der Waals surface area contributed by atoms with Gasteiger partial charge in [0, 0.05) is 0 Å². The molecule has 82 valence electrons. The Hall–Kier alpha value is -0.574. The zero-order valence-corrected chi connectivity index (χ0v) is 12.2. The maximum atomic E-state index is 5.86. The van der Waals surface area contributed by atoms with Gasteiger partial charge in [-0.1, -0.05) is 0 Å². The molecule has 0 heterocycles. The van der Waals surface area contributed by atoms with Gasteiger partial charge in [-0.3, -0.25) is 0 Å². The molecule has 0 saturated carbocycles. The van der Waals surface area contributed by atoms with E-state index < -0.39 is 8.32 Å². The van der Waals surface area contributed by atoms with Crippen molar-refractivity contribution in [3.63, 3.8) is 0 Å². The molecule has 0 aliphatic heterocycles. The predicted molar refractivity (Wildman–Crippen MR) is 67.3 cm³/mol. The molecule has 1 aromatic rings. The Morgan fingerprint density at radius 1 is 1.13 bits per heavy atom. The average Bonchev–Trinajstić information content (AvgIpc) is 2.15. The fourth-order valence-corrected chi connectivity index (χ4v) is 3.60. The molecular formula is C11H16O2SeSi. The average molecular weight is 287 g/mol. The first kappa shape index (κ1) is 12.5. The molecule has 1 rings (SSSR count). The fraction of sp³-hybridized carbons (Fsp3) is 0.364. The monoisotopic (exact) mass is 288 g/mol. The second kappa shape index (κ2) is 4.97. The molecule has 0 amide bonds. The third-order valence-electron chi connectivity index (χ3n) is 1.72. The summed E-state index contributed by atoms with van der Waals surface area (Å²) in [6, 6.07) is 7.84. The van der Waals surface area contributed by atoms with Crippen molar-refractivity contribution in [1.82, 2.24) is 0 Å². The number of rotatable bonds is 4. The van der Waals surface area contributed by atoms with Crippen molar-refractivity contribution in [1.29, 1.82) is 0 Å². The van der Waals surface area contributed by atoms with E-state index in [2.05, 4.69) is 35.2 Å². The zero-order valence-electron chi connectivity index (χ0n) is 9.53. The van der Waals surface area contributed by atoms with Gasteiger partial charge in [-0.25, -0.2) is 0 Å². The van der Waals surface area contributed by atoms with Crippen molar-refractivity contribution in [3.8, 4) is 5.75 Å². The molecule has 15 heavy (non-hydrogen) atoms. The molecule has 0 N–H and O–H groups in total. The van der Waals surface area contributed by atoms with Crippen molar-refractivity contribution in [2.24, 2.45) is 0 Å². The van der Waals surface area contributed by atoms with Gasteiger partial charge in [-0.05, 0) is 0 Å². The van der Waals surface area contributed by atoms with Crippen LogP contribution in [0.3, 0.4) is 0 Å². The molecule has 4 heteroatoms. The Labute approximate surface area is 100 Å². The van der Waals surface area contributed by atoms with Crippen molar-refractivity contribution < 1.29 is 9.16 Å². The summed E-state index contributed by atoms with van der Waals surface area (Å²) in [6.07, 6.45) is 0. The molecule has 0 radical (unpaired) electrons. The van der Waals surface area contributed by atoms with Crippen LogP contribution in [0.5, 0.6) is 5.75 Å². The van der Waals surface area contributed by atoms with Crippen molar-refractivity contribution in [2.75, 3.05) is 7.11 Å². The van der Waals surface area contributed by atoms with Gasteiger partial charge < -0.3 is 0 Å². The van der Waals surface area contributed by atoms with Crippen molar-refractivity contribution >= 4 is 28.5 Å². The second-order valence-corrected chi connectivity index (χ2v) is 9.44. The molecule has 0 bridgehead atoms. The molecule has 2 nitrogen and oxygen atoms in total. The Morgan fingerprint density at radius 2 is 1.67 bits per heavy atom. The van der Waals surface area contributed by atoms with Gasteiger partial charge in [0.2, 0.25) is 0 Å². The third-order valence-corrected chi connectivity index (χ3v) is 3.54. The van der Waals surface area contributed by atoms with Crippen LogP contribution < -0.4 is 4.74 Å². The normalized spacial score (nSPS) is 10.9. The van der Waals surface area contributed by atoms with Gasteiger partial charge in [-0.2, -0.15) is 0 Å². The summed E-state index contributed by atoms with van der Waals surface area (Å²) in [5.74, 6) is 0.861. The van der Waals surface area contributed by atoms with Crippen LogP contribution in [-0.2, 0) is 4.43 Å². The summed E-state index contributed by atoms with van der Waals surface area (Å²) in [4.78, 5) is 0. The summed E-state index contributed by atoms with van der Waals surface area (Å²) in [6.45, 7) is 6.48. The van der Waals surface area contributed by atoms with Crippen molar-refractivity contribution in [3.05, 3.63) is 29.8 Å². The summed E-state index contributed by atoms with van der Waals surface area (Å²) < 4.78 is 11.8. The molecule has 0 aliphatic carbocycles. The SMILES string of the molecule is COc1ccc(C(=[Se])O[Si](C)(C)C)cc1. The standard InChI is InChI=1S/C11H16O2SeSi/c1-12-10-7-5-9(6-8-10)11(14)13-15(2,3)4/h5-8H,1-4H3. The van der Waals surface area contributed by atoms with Gasteiger partial charge in [0.25, 0.3) is 0 Å². The molecule has 0 atom stereocenters. The zero-order chi connectivity index (χ0) is 11.5. The molecule has 1 aromatic carbocycles. The molecule has 0 unspecified atom stereocenters. The van der Waals surface area contributed by atoms with E-state index >= 15 is 0 Å². The Balaban J connectivity index is 2.75. The van der Waals surface area contributed by atoms with E-state index in [1.807, 2.05) is 24.3 Å². The first-order valence-corrected chi connectivity index (χ1v) is 9.06. The van der Waals surface area contributed by atoms with Gasteiger partial charge in [0.1, 0.15) is 0 Å². The van der Waals surface area contributed by atoms with Crippen LogP contribution in [0.1, 0.15) is 5.56 Å². The molecule has 0 aliphatic rings. The van der Waals surface area contributed by atoms with E-state index in [0.29, 0.717) is 0 Å². The minimum atomic E-state index is -1.52. The van der Waals surface area contributed by atoms with Gasteiger partial charge in [-0.15, -0.1) is 0 Å². The molecule has 0 saturated heterocycles. The van der Waals surface area contributed by atoms with Crippen LogP contribution in [0.25, 0.3) is 0 Å². The van der Waals surface area contributed by atoms with E-state index in [4.69, 9.17) is 9.16 Å². The van der Waals surface area contributed by atoms with E-state index in [9.17, 15) is 0 Å². The predicted octanol–water partition coefficient (Wildman–Crippen LogP) is 2.19. The van der Waals surface area contributed by atoms with Gasteiger partial charge >= 0.3 is 100.0 Å². The Kier molecular flexibility index (Phi) is 4.14. The fourth-order valence-electron chi connectivity index (χ4n) is 1.06. The minimum absolute atomic E-state index is 0.861. The number of methoxy groups -OCH3 is 1. The number of benzene rings is 1. The second-order valence-electron chi connectivity index (χ2n) is 4.23. The molecular weight excluding hydrogens is 271 g/mol. The molecule has 0 spiro atoms. The van der Waals surface area contributed by atoms with Crippen LogP contribution in [0.15, 0.2) is 24.3 Å². The number of ether oxygens (including phenoxy) is 1. The Bertz CT molecular complexity index is 341. The summed E-state index contributed by atoms with van der Waals surface area (Å²) in [5.41, 5.74) is 1.07. The van der Waals surface area contributed by atoms with E-state index in [1.54, 1.807) is 7.11 Å². The first-order chi connectivity index (χ1) is 6.92. The summed E-state index contributed by atoms with van der Waals surface area (Å²) in [7, 11) is 0.138. The van der Waals surface area contributed by atoms with Crippen LogP contribution in [-0.4, -0.2) is 35.6 Å². The maximum absolute atomic E-state index is 5.86. The quantitative estimate of drug-likeness (QED) is 0.790. The van der Waals surface area contributed by atoms with Crippen LogP contribution in [0, 0.1) is 0 Å². The van der Waals surface area contributed by atoms with E-state index in [-0.39, 0.29) is 0 Å². The third kappa shape index (κ3) is 4.20. The van der Waals surface area contributed by atoms with Crippen LogP contribution in [0.2, 0.25) is 19.6 Å². The number of hydrogen-bond acceptors (Lipinski definition) is 2. The topological polar surface area (TPSA) is 18.5 Å². The van der Waals surface area contributed by atoms with Crippen LogP contribution in [0.4, 0.5) is 0 Å². The van der Waals surface area contributed by atoms with Gasteiger partial charge in [0.05, 0.1) is 0 Å². The van der Waals surface area contributed by atoms with E-state index in [0.717, 1.165) is 15.9 Å². The van der Waals surface area contributed by atoms with E-state index in [1.165, 1.54) is 0 Å². The van der Waals surface area contributed by atoms with Crippen molar-refractivity contribution in [2.45, 2.75) is 19.6 Å². The molecule has 0 aromatic heterocycles. The Morgan fingerprint density at radius 3 is 2.07 bits per heavy atom. The summed E-state index contributed by atoms with van der Waals surface area (Å²) in [5, 5.41) is 0. The molecule has 0 fully saturated rings. The number of hydrogen-bond donors (Lipinski definition) is 0. The van der Waals surface area contributed by atoms with Gasteiger partial charge in [0.15, 0.2) is 0 Å². The summed E-state index contributed by atoms with van der Waals surface area (Å²) >= 11 is 2.98. The first-order valence-electron chi connectivity index (χ1n) is 4.80. The van der Waals surface area contributed by atoms with Crippen LogP contribution >= 0.6 is 0 Å².